The van der Waals surface area contributed by atoms with Gasteiger partial charge in [-0.2, -0.15) is 0 Å². The fourth-order valence-electron chi connectivity index (χ4n) is 9.92. The molecule has 0 unspecified atom stereocenters. The molecule has 11 aromatic rings. The van der Waals surface area contributed by atoms with Crippen molar-refractivity contribution in [2.45, 2.75) is 0 Å². The van der Waals surface area contributed by atoms with Crippen molar-refractivity contribution in [2.75, 3.05) is 14.7 Å². The van der Waals surface area contributed by atoms with Crippen LogP contribution in [0.1, 0.15) is 0 Å². The standard InChI is InChI=1S/C64H44FN3/c65-59-43-49(46-22-9-2-10-23-46)42-58(48-24-11-3-12-25-48)64(59)68(52-30-17-6-18-31-52)60-41-40-56-55-39-38-54(44-62(55)67(51-28-15-5-16-29-51)61-33-19-32-57(60)63(56)61)66(50-26-13-4-14-27-50)53-36-34-47(35-37-53)45-20-7-1-8-21-45/h1-44H. The van der Waals surface area contributed by atoms with Gasteiger partial charge in [0.1, 0.15) is 5.82 Å². The van der Waals surface area contributed by atoms with E-state index in [0.717, 1.165) is 89.7 Å². The molecule has 0 radical (unpaired) electrons. The molecule has 0 N–H and O–H groups in total. The van der Waals surface area contributed by atoms with Gasteiger partial charge in [-0.1, -0.05) is 182 Å². The molecular weight excluding hydrogens is 830 g/mol. The van der Waals surface area contributed by atoms with Gasteiger partial charge in [0.2, 0.25) is 0 Å². The summed E-state index contributed by atoms with van der Waals surface area (Å²) in [6, 6.07) is 92.5. The molecule has 0 atom stereocenters. The van der Waals surface area contributed by atoms with Crippen molar-refractivity contribution in [3.05, 3.63) is 273 Å². The number of hydrogen-bond donors (Lipinski definition) is 0. The van der Waals surface area contributed by atoms with E-state index < -0.39 is 0 Å². The van der Waals surface area contributed by atoms with Crippen molar-refractivity contribution < 1.29 is 4.39 Å². The van der Waals surface area contributed by atoms with Crippen LogP contribution in [0.5, 0.6) is 0 Å². The average Bonchev–Trinajstić information content (AvgIpc) is 3.41. The van der Waals surface area contributed by atoms with Crippen molar-refractivity contribution in [3.8, 4) is 44.5 Å². The maximum absolute atomic E-state index is 17.6. The lowest BCUT2D eigenvalue weighted by atomic mass is 9.89. The molecule has 12 rings (SSSR count). The first-order valence-electron chi connectivity index (χ1n) is 23.0. The zero-order valence-electron chi connectivity index (χ0n) is 37.1. The predicted molar refractivity (Wildman–Crippen MR) is 283 cm³/mol. The number of anilines is 9. The Hall–Kier alpha value is -8.99. The molecule has 0 bridgehead atoms. The molecule has 4 heteroatoms. The predicted octanol–water partition coefficient (Wildman–Crippen LogP) is 18.4. The van der Waals surface area contributed by atoms with Crippen molar-refractivity contribution in [3.63, 3.8) is 0 Å². The van der Waals surface area contributed by atoms with E-state index in [0.29, 0.717) is 5.69 Å². The Morgan fingerprint density at radius 2 is 0.809 bits per heavy atom. The maximum Gasteiger partial charge on any atom is 0.148 e. The van der Waals surface area contributed by atoms with Gasteiger partial charge in [0, 0.05) is 50.3 Å². The van der Waals surface area contributed by atoms with Gasteiger partial charge in [-0.3, -0.25) is 0 Å². The summed E-state index contributed by atoms with van der Waals surface area (Å²) in [5, 5.41) is 2.10. The lowest BCUT2D eigenvalue weighted by molar-refractivity contribution is 0.630. The minimum Gasteiger partial charge on any atom is -0.310 e. The van der Waals surface area contributed by atoms with Crippen LogP contribution < -0.4 is 14.7 Å². The summed E-state index contributed by atoms with van der Waals surface area (Å²) >= 11 is 0. The molecule has 3 nitrogen and oxygen atoms in total. The Bertz CT molecular complexity index is 3550. The third kappa shape index (κ3) is 7.25. The Morgan fingerprint density at radius 3 is 1.44 bits per heavy atom. The molecular formula is C64H44FN3. The third-order valence-corrected chi connectivity index (χ3v) is 13.0. The molecule has 68 heavy (non-hydrogen) atoms. The summed E-state index contributed by atoms with van der Waals surface area (Å²) in [4.78, 5) is 6.83. The molecule has 0 aromatic heterocycles. The van der Waals surface area contributed by atoms with Gasteiger partial charge < -0.3 is 14.7 Å². The molecule has 0 saturated heterocycles. The molecule has 11 aromatic carbocycles. The second-order valence-electron chi connectivity index (χ2n) is 17.0. The van der Waals surface area contributed by atoms with Crippen molar-refractivity contribution in [1.29, 1.82) is 0 Å². The molecule has 1 aliphatic rings. The number of halogens is 1. The Morgan fingerprint density at radius 1 is 0.309 bits per heavy atom. The first-order valence-corrected chi connectivity index (χ1v) is 23.0. The summed E-state index contributed by atoms with van der Waals surface area (Å²) in [6.45, 7) is 0. The SMILES string of the molecule is Fc1cc(-c2ccccc2)cc(-c2ccccc2)c1N(c1ccccc1)c1ccc2c3c(cccc13)N(c1ccccc1)c1cc(N(c3ccccc3)c3ccc(-c4ccccc4)cc3)ccc1-2. The molecule has 0 aliphatic carbocycles. The number of benzene rings is 11. The maximum atomic E-state index is 17.6. The number of nitrogens with zero attached hydrogens (tertiary/aromatic N) is 3. The molecule has 322 valence electrons. The Kier molecular flexibility index (Phi) is 10.4. The first kappa shape index (κ1) is 40.5. The summed E-state index contributed by atoms with van der Waals surface area (Å²) in [5.41, 5.74) is 16.6. The van der Waals surface area contributed by atoms with Gasteiger partial charge in [0.05, 0.1) is 22.7 Å². The van der Waals surface area contributed by atoms with Gasteiger partial charge in [-0.25, -0.2) is 4.39 Å². The monoisotopic (exact) mass is 873 g/mol. The van der Waals surface area contributed by atoms with Crippen LogP contribution in [0.3, 0.4) is 0 Å². The number of hydrogen-bond acceptors (Lipinski definition) is 3. The largest absolute Gasteiger partial charge is 0.310 e. The molecule has 0 amide bonds. The highest BCUT2D eigenvalue weighted by Crippen LogP contribution is 2.56. The zero-order valence-corrected chi connectivity index (χ0v) is 37.1. The van der Waals surface area contributed by atoms with E-state index in [2.05, 4.69) is 209 Å². The fraction of sp³-hybridized carbons (Fsp3) is 0. The van der Waals surface area contributed by atoms with E-state index in [9.17, 15) is 0 Å². The molecule has 1 heterocycles. The smallest absolute Gasteiger partial charge is 0.148 e. The van der Waals surface area contributed by atoms with E-state index in [1.165, 1.54) is 11.1 Å². The molecule has 0 spiro atoms. The quantitative estimate of drug-likeness (QED) is 0.136. The van der Waals surface area contributed by atoms with Gasteiger partial charge in [0.15, 0.2) is 0 Å². The molecule has 0 saturated carbocycles. The summed E-state index contributed by atoms with van der Waals surface area (Å²) in [5.74, 6) is -0.309. The number of para-hydroxylation sites is 3. The minimum atomic E-state index is -0.309. The van der Waals surface area contributed by atoms with E-state index in [4.69, 9.17) is 0 Å². The van der Waals surface area contributed by atoms with E-state index in [1.54, 1.807) is 6.07 Å². The van der Waals surface area contributed by atoms with Crippen LogP contribution in [0.15, 0.2) is 267 Å². The normalized spacial score (nSPS) is 11.6. The topological polar surface area (TPSA) is 9.72 Å². The van der Waals surface area contributed by atoms with Gasteiger partial charge in [0.25, 0.3) is 0 Å². The lowest BCUT2D eigenvalue weighted by Gasteiger charge is -2.36. The minimum absolute atomic E-state index is 0.309. The van der Waals surface area contributed by atoms with Gasteiger partial charge in [-0.15, -0.1) is 0 Å². The number of fused-ring (bicyclic) bond motifs is 2. The second kappa shape index (κ2) is 17.4. The first-order chi connectivity index (χ1) is 33.7. The van der Waals surface area contributed by atoms with E-state index in [-0.39, 0.29) is 5.82 Å². The average molecular weight is 874 g/mol. The molecule has 1 aliphatic heterocycles. The van der Waals surface area contributed by atoms with E-state index >= 15 is 4.39 Å². The Labute approximate surface area is 396 Å². The highest BCUT2D eigenvalue weighted by atomic mass is 19.1. The highest BCUT2D eigenvalue weighted by molar-refractivity contribution is 6.18. The number of rotatable bonds is 10. The van der Waals surface area contributed by atoms with Crippen LogP contribution in [-0.4, -0.2) is 0 Å². The lowest BCUT2D eigenvalue weighted by Crippen LogP contribution is -2.18. The summed E-state index contributed by atoms with van der Waals surface area (Å²) in [7, 11) is 0. The Balaban J connectivity index is 1.07. The second-order valence-corrected chi connectivity index (χ2v) is 17.0. The van der Waals surface area contributed by atoms with Crippen LogP contribution in [0.4, 0.5) is 55.6 Å². The van der Waals surface area contributed by atoms with Crippen LogP contribution in [0.2, 0.25) is 0 Å². The summed E-state index contributed by atoms with van der Waals surface area (Å²) < 4.78 is 17.6. The van der Waals surface area contributed by atoms with Crippen LogP contribution >= 0.6 is 0 Å². The van der Waals surface area contributed by atoms with Crippen LogP contribution in [0, 0.1) is 5.82 Å². The van der Waals surface area contributed by atoms with Crippen LogP contribution in [-0.2, 0) is 0 Å². The molecule has 0 fully saturated rings. The summed E-state index contributed by atoms with van der Waals surface area (Å²) in [6.07, 6.45) is 0. The van der Waals surface area contributed by atoms with E-state index in [1.807, 2.05) is 66.7 Å². The van der Waals surface area contributed by atoms with Gasteiger partial charge in [-0.05, 0) is 118 Å². The van der Waals surface area contributed by atoms with Crippen LogP contribution in [0.25, 0.3) is 55.3 Å². The van der Waals surface area contributed by atoms with Gasteiger partial charge >= 0.3 is 0 Å². The highest BCUT2D eigenvalue weighted by Gasteiger charge is 2.31. The van der Waals surface area contributed by atoms with Crippen molar-refractivity contribution in [1.82, 2.24) is 0 Å². The van der Waals surface area contributed by atoms with Crippen molar-refractivity contribution >= 4 is 62.0 Å². The van der Waals surface area contributed by atoms with Crippen molar-refractivity contribution in [2.24, 2.45) is 0 Å². The fourth-order valence-corrected chi connectivity index (χ4v) is 9.92. The third-order valence-electron chi connectivity index (χ3n) is 13.0. The zero-order chi connectivity index (χ0) is 45.4.